The van der Waals surface area contributed by atoms with E-state index in [4.69, 9.17) is 16.0 Å². The van der Waals surface area contributed by atoms with Crippen LogP contribution >= 0.6 is 23.4 Å². The molecule has 7 heteroatoms. The van der Waals surface area contributed by atoms with Crippen LogP contribution in [-0.4, -0.2) is 19.7 Å². The summed E-state index contributed by atoms with van der Waals surface area (Å²) in [5.74, 6) is 3.07. The number of oxazole rings is 1. The fourth-order valence-electron chi connectivity index (χ4n) is 2.36. The quantitative estimate of drug-likeness (QED) is 0.635. The number of halogens is 1. The van der Waals surface area contributed by atoms with E-state index in [0.29, 0.717) is 16.7 Å². The summed E-state index contributed by atoms with van der Waals surface area (Å²) in [5, 5.41) is 10.2. The van der Waals surface area contributed by atoms with Gasteiger partial charge in [0, 0.05) is 29.8 Å². The van der Waals surface area contributed by atoms with Crippen molar-refractivity contribution in [2.45, 2.75) is 38.2 Å². The first kappa shape index (κ1) is 16.1. The van der Waals surface area contributed by atoms with Crippen molar-refractivity contribution in [3.8, 4) is 11.4 Å². The maximum Gasteiger partial charge on any atom is 0.191 e. The average molecular weight is 349 g/mol. The van der Waals surface area contributed by atoms with Crippen molar-refractivity contribution >= 4 is 23.4 Å². The molecule has 0 bridgehead atoms. The maximum absolute atomic E-state index is 6.08. The number of aromatic nitrogens is 4. The second kappa shape index (κ2) is 6.76. The summed E-state index contributed by atoms with van der Waals surface area (Å²) in [4.78, 5) is 4.39. The van der Waals surface area contributed by atoms with E-state index in [1.54, 1.807) is 11.8 Å². The molecule has 0 aliphatic heterocycles. The standard InChI is InChI=1S/C16H17ClN4OS/c1-4-21-15(12-6-5-7-13(17)8-12)19-20-16(21)23-9-14-10(2)22-11(3)18-14/h5-8H,4,9H2,1-3H3. The van der Waals surface area contributed by atoms with Gasteiger partial charge in [-0.3, -0.25) is 0 Å². The number of aryl methyl sites for hydroxylation is 2. The van der Waals surface area contributed by atoms with Gasteiger partial charge in [-0.15, -0.1) is 10.2 Å². The van der Waals surface area contributed by atoms with E-state index in [-0.39, 0.29) is 0 Å². The molecular weight excluding hydrogens is 332 g/mol. The first-order valence-electron chi connectivity index (χ1n) is 7.33. The zero-order valence-electron chi connectivity index (χ0n) is 13.2. The zero-order valence-corrected chi connectivity index (χ0v) is 14.8. The monoisotopic (exact) mass is 348 g/mol. The lowest BCUT2D eigenvalue weighted by atomic mass is 10.2. The Balaban J connectivity index is 1.85. The SMILES string of the molecule is CCn1c(SCc2nc(C)oc2C)nnc1-c1cccc(Cl)c1. The summed E-state index contributed by atoms with van der Waals surface area (Å²) in [6, 6.07) is 7.66. The Hall–Kier alpha value is -1.79. The highest BCUT2D eigenvalue weighted by Crippen LogP contribution is 2.28. The fraction of sp³-hybridized carbons (Fsp3) is 0.312. The molecule has 5 nitrogen and oxygen atoms in total. The van der Waals surface area contributed by atoms with E-state index in [1.165, 1.54) is 0 Å². The van der Waals surface area contributed by atoms with Gasteiger partial charge in [-0.25, -0.2) is 4.98 Å². The van der Waals surface area contributed by atoms with Crippen LogP contribution in [0.25, 0.3) is 11.4 Å². The Bertz CT molecular complexity index is 827. The molecule has 23 heavy (non-hydrogen) atoms. The molecule has 0 atom stereocenters. The van der Waals surface area contributed by atoms with Gasteiger partial charge in [0.05, 0.1) is 5.69 Å². The molecule has 3 aromatic rings. The normalized spacial score (nSPS) is 11.1. The minimum absolute atomic E-state index is 0.690. The summed E-state index contributed by atoms with van der Waals surface area (Å²) in [6.45, 7) is 6.64. The number of rotatable bonds is 5. The third-order valence-electron chi connectivity index (χ3n) is 3.45. The van der Waals surface area contributed by atoms with Crippen molar-refractivity contribution in [1.29, 1.82) is 0 Å². The van der Waals surface area contributed by atoms with Crippen molar-refractivity contribution < 1.29 is 4.42 Å². The molecule has 0 unspecified atom stereocenters. The van der Waals surface area contributed by atoms with Crippen LogP contribution in [0.2, 0.25) is 5.02 Å². The fourth-order valence-corrected chi connectivity index (χ4v) is 3.55. The van der Waals surface area contributed by atoms with Crippen LogP contribution in [-0.2, 0) is 12.3 Å². The van der Waals surface area contributed by atoms with Crippen molar-refractivity contribution in [1.82, 2.24) is 19.7 Å². The predicted molar refractivity (Wildman–Crippen MR) is 91.7 cm³/mol. The minimum Gasteiger partial charge on any atom is -0.446 e. The van der Waals surface area contributed by atoms with E-state index < -0.39 is 0 Å². The van der Waals surface area contributed by atoms with Crippen LogP contribution in [0.5, 0.6) is 0 Å². The van der Waals surface area contributed by atoms with E-state index in [0.717, 1.165) is 34.5 Å². The van der Waals surface area contributed by atoms with Crippen molar-refractivity contribution in [2.75, 3.05) is 0 Å². The van der Waals surface area contributed by atoms with Gasteiger partial charge in [-0.2, -0.15) is 0 Å². The Morgan fingerprint density at radius 3 is 2.74 bits per heavy atom. The first-order valence-corrected chi connectivity index (χ1v) is 8.69. The molecule has 2 heterocycles. The number of hydrogen-bond donors (Lipinski definition) is 0. The van der Waals surface area contributed by atoms with E-state index in [1.807, 2.05) is 38.1 Å². The zero-order chi connectivity index (χ0) is 16.4. The Labute approximate surface area is 144 Å². The highest BCUT2D eigenvalue weighted by atomic mass is 35.5. The molecule has 1 aromatic carbocycles. The summed E-state index contributed by atoms with van der Waals surface area (Å²) in [6.07, 6.45) is 0. The summed E-state index contributed by atoms with van der Waals surface area (Å²) >= 11 is 7.68. The molecule has 0 N–H and O–H groups in total. The smallest absolute Gasteiger partial charge is 0.191 e. The molecule has 120 valence electrons. The van der Waals surface area contributed by atoms with Crippen LogP contribution in [0.15, 0.2) is 33.8 Å². The highest BCUT2D eigenvalue weighted by molar-refractivity contribution is 7.98. The lowest BCUT2D eigenvalue weighted by molar-refractivity contribution is 0.493. The van der Waals surface area contributed by atoms with Gasteiger partial charge in [0.15, 0.2) is 16.9 Å². The van der Waals surface area contributed by atoms with E-state index in [2.05, 4.69) is 26.7 Å². The average Bonchev–Trinajstić information content (AvgIpc) is 3.07. The summed E-state index contributed by atoms with van der Waals surface area (Å²) in [5.41, 5.74) is 1.91. The molecule has 0 fully saturated rings. The van der Waals surface area contributed by atoms with Crippen LogP contribution in [0.1, 0.15) is 24.3 Å². The van der Waals surface area contributed by atoms with E-state index >= 15 is 0 Å². The van der Waals surface area contributed by atoms with Gasteiger partial charge in [0.2, 0.25) is 0 Å². The van der Waals surface area contributed by atoms with Crippen molar-refractivity contribution in [3.63, 3.8) is 0 Å². The molecule has 0 amide bonds. The molecule has 3 rings (SSSR count). The number of benzene rings is 1. The molecule has 0 saturated carbocycles. The van der Waals surface area contributed by atoms with Crippen LogP contribution < -0.4 is 0 Å². The van der Waals surface area contributed by atoms with Gasteiger partial charge < -0.3 is 8.98 Å². The molecule has 0 radical (unpaired) electrons. The van der Waals surface area contributed by atoms with Gasteiger partial charge >= 0.3 is 0 Å². The van der Waals surface area contributed by atoms with Crippen LogP contribution in [0.3, 0.4) is 0 Å². The number of nitrogens with zero attached hydrogens (tertiary/aromatic N) is 4. The van der Waals surface area contributed by atoms with Crippen LogP contribution in [0.4, 0.5) is 0 Å². The largest absolute Gasteiger partial charge is 0.446 e. The van der Waals surface area contributed by atoms with Gasteiger partial charge in [0.25, 0.3) is 0 Å². The molecular formula is C16H17ClN4OS. The lowest BCUT2D eigenvalue weighted by Gasteiger charge is -2.07. The van der Waals surface area contributed by atoms with Crippen molar-refractivity contribution in [3.05, 3.63) is 46.6 Å². The van der Waals surface area contributed by atoms with Gasteiger partial charge in [0.1, 0.15) is 5.76 Å². The Morgan fingerprint density at radius 2 is 2.09 bits per heavy atom. The van der Waals surface area contributed by atoms with Crippen LogP contribution in [0, 0.1) is 13.8 Å². The second-order valence-corrected chi connectivity index (χ2v) is 6.46. The van der Waals surface area contributed by atoms with E-state index in [9.17, 15) is 0 Å². The topological polar surface area (TPSA) is 56.7 Å². The number of hydrogen-bond acceptors (Lipinski definition) is 5. The predicted octanol–water partition coefficient (Wildman–Crippen LogP) is 4.52. The highest BCUT2D eigenvalue weighted by Gasteiger charge is 2.15. The lowest BCUT2D eigenvalue weighted by Crippen LogP contribution is -2.00. The maximum atomic E-state index is 6.08. The third-order valence-corrected chi connectivity index (χ3v) is 4.67. The molecule has 0 aliphatic carbocycles. The Kier molecular flexibility index (Phi) is 4.73. The van der Waals surface area contributed by atoms with Gasteiger partial charge in [-0.1, -0.05) is 35.5 Å². The molecule has 0 saturated heterocycles. The minimum atomic E-state index is 0.690. The summed E-state index contributed by atoms with van der Waals surface area (Å²) < 4.78 is 7.55. The molecule has 2 aromatic heterocycles. The molecule has 0 spiro atoms. The number of thioether (sulfide) groups is 1. The van der Waals surface area contributed by atoms with Crippen molar-refractivity contribution in [2.24, 2.45) is 0 Å². The first-order chi connectivity index (χ1) is 11.1. The third kappa shape index (κ3) is 3.43. The van der Waals surface area contributed by atoms with Gasteiger partial charge in [-0.05, 0) is 26.0 Å². The summed E-state index contributed by atoms with van der Waals surface area (Å²) in [7, 11) is 0. The molecule has 0 aliphatic rings. The second-order valence-electron chi connectivity index (χ2n) is 5.09. The Morgan fingerprint density at radius 1 is 1.26 bits per heavy atom.